The molecule has 0 saturated carbocycles. The number of fused-ring (bicyclic) bond motifs is 3. The van der Waals surface area contributed by atoms with Crippen molar-refractivity contribution in [3.8, 4) is 0 Å². The largest absolute Gasteiger partial charge is 0.352 e. The Kier molecular flexibility index (Phi) is 6.20. The molecule has 0 atom stereocenters. The standard InChI is InChI=1S/C28H26FN5O3/c1-17(2)30-25(35)21-11-12-23-24(14-21)34-27(32(26(23)36)15-19-9-7-18(3)8-10-19)31-33(28(34)37)16-20-5-4-6-22(29)13-20/h4-14,17H,15-16H2,1-3H3,(H,30,35). The van der Waals surface area contributed by atoms with Crippen LogP contribution in [0, 0.1) is 12.7 Å². The minimum absolute atomic E-state index is 0.0199. The number of carbonyl (C=O) groups is 1. The quantitative estimate of drug-likeness (QED) is 0.387. The van der Waals surface area contributed by atoms with Crippen molar-refractivity contribution < 1.29 is 9.18 Å². The normalized spacial score (nSPS) is 11.5. The maximum absolute atomic E-state index is 13.8. The monoisotopic (exact) mass is 499 g/mol. The number of aryl methyl sites for hydroxylation is 1. The first kappa shape index (κ1) is 24.2. The molecule has 0 aliphatic rings. The molecule has 5 rings (SSSR count). The summed E-state index contributed by atoms with van der Waals surface area (Å²) in [6, 6.07) is 18.3. The molecule has 0 aliphatic carbocycles. The summed E-state index contributed by atoms with van der Waals surface area (Å²) >= 11 is 0. The van der Waals surface area contributed by atoms with Gasteiger partial charge in [0.05, 0.1) is 24.0 Å². The van der Waals surface area contributed by atoms with Gasteiger partial charge in [-0.1, -0.05) is 42.0 Å². The van der Waals surface area contributed by atoms with E-state index in [9.17, 15) is 18.8 Å². The van der Waals surface area contributed by atoms with Crippen LogP contribution in [0.3, 0.4) is 0 Å². The summed E-state index contributed by atoms with van der Waals surface area (Å²) in [5.74, 6) is -0.591. The molecule has 0 fully saturated rings. The van der Waals surface area contributed by atoms with Crippen LogP contribution < -0.4 is 16.6 Å². The number of benzene rings is 3. The molecule has 2 aromatic heterocycles. The molecule has 2 heterocycles. The Balaban J connectivity index is 1.75. The van der Waals surface area contributed by atoms with Crippen molar-refractivity contribution in [2.24, 2.45) is 0 Å². The van der Waals surface area contributed by atoms with E-state index < -0.39 is 11.5 Å². The number of nitrogens with one attached hydrogen (secondary N) is 1. The molecular formula is C28H26FN5O3. The Bertz CT molecular complexity index is 1760. The molecule has 3 aromatic carbocycles. The van der Waals surface area contributed by atoms with E-state index in [-0.39, 0.29) is 47.3 Å². The molecule has 8 nitrogen and oxygen atoms in total. The van der Waals surface area contributed by atoms with Crippen molar-refractivity contribution in [1.29, 1.82) is 0 Å². The highest BCUT2D eigenvalue weighted by atomic mass is 19.1. The highest BCUT2D eigenvalue weighted by Crippen LogP contribution is 2.16. The molecular weight excluding hydrogens is 473 g/mol. The SMILES string of the molecule is Cc1ccc(Cn2c(=O)c3ccc(C(=O)NC(C)C)cc3n3c(=O)n(Cc4cccc(F)c4)nc23)cc1. The molecule has 1 amide bonds. The summed E-state index contributed by atoms with van der Waals surface area (Å²) in [6.45, 7) is 5.89. The highest BCUT2D eigenvalue weighted by Gasteiger charge is 2.20. The summed E-state index contributed by atoms with van der Waals surface area (Å²) < 4.78 is 17.8. The molecule has 0 saturated heterocycles. The molecule has 0 radical (unpaired) electrons. The summed E-state index contributed by atoms with van der Waals surface area (Å²) in [6.07, 6.45) is 0. The van der Waals surface area contributed by atoms with Crippen LogP contribution in [0.15, 0.2) is 76.3 Å². The summed E-state index contributed by atoms with van der Waals surface area (Å²) in [5.41, 5.74) is 2.29. The van der Waals surface area contributed by atoms with Crippen LogP contribution in [0.1, 0.15) is 40.9 Å². The number of rotatable bonds is 6. The maximum Gasteiger partial charge on any atom is 0.352 e. The van der Waals surface area contributed by atoms with E-state index in [2.05, 4.69) is 10.4 Å². The van der Waals surface area contributed by atoms with Gasteiger partial charge in [0, 0.05) is 11.6 Å². The Morgan fingerprint density at radius 2 is 1.73 bits per heavy atom. The Labute approximate surface area is 211 Å². The van der Waals surface area contributed by atoms with Gasteiger partial charge < -0.3 is 5.32 Å². The van der Waals surface area contributed by atoms with Crippen LogP contribution in [-0.2, 0) is 13.1 Å². The van der Waals surface area contributed by atoms with Crippen molar-refractivity contribution in [2.75, 3.05) is 0 Å². The fraction of sp³-hybridized carbons (Fsp3) is 0.214. The van der Waals surface area contributed by atoms with Gasteiger partial charge in [0.2, 0.25) is 5.78 Å². The maximum atomic E-state index is 13.8. The fourth-order valence-electron chi connectivity index (χ4n) is 4.33. The van der Waals surface area contributed by atoms with E-state index in [1.54, 1.807) is 24.3 Å². The molecule has 1 N–H and O–H groups in total. The second-order valence-electron chi connectivity index (χ2n) is 9.44. The molecule has 5 aromatic rings. The van der Waals surface area contributed by atoms with Gasteiger partial charge >= 0.3 is 5.69 Å². The van der Waals surface area contributed by atoms with Crippen molar-refractivity contribution in [1.82, 2.24) is 24.1 Å². The zero-order valence-corrected chi connectivity index (χ0v) is 20.7. The lowest BCUT2D eigenvalue weighted by Gasteiger charge is -2.12. The minimum Gasteiger partial charge on any atom is -0.350 e. The van der Waals surface area contributed by atoms with Gasteiger partial charge in [0.1, 0.15) is 5.82 Å². The molecule has 37 heavy (non-hydrogen) atoms. The van der Waals surface area contributed by atoms with E-state index in [1.807, 2.05) is 45.0 Å². The van der Waals surface area contributed by atoms with E-state index in [0.717, 1.165) is 11.1 Å². The number of aromatic nitrogens is 4. The van der Waals surface area contributed by atoms with Crippen LogP contribution in [0.5, 0.6) is 0 Å². The van der Waals surface area contributed by atoms with Crippen molar-refractivity contribution in [3.05, 3.63) is 116 Å². The molecule has 188 valence electrons. The lowest BCUT2D eigenvalue weighted by Crippen LogP contribution is -2.30. The van der Waals surface area contributed by atoms with Crippen LogP contribution in [0.2, 0.25) is 0 Å². The third-order valence-electron chi connectivity index (χ3n) is 6.14. The van der Waals surface area contributed by atoms with Gasteiger partial charge in [0.15, 0.2) is 0 Å². The lowest BCUT2D eigenvalue weighted by molar-refractivity contribution is 0.0943. The van der Waals surface area contributed by atoms with Crippen LogP contribution in [-0.4, -0.2) is 30.7 Å². The topological polar surface area (TPSA) is 90.4 Å². The lowest BCUT2D eigenvalue weighted by atomic mass is 10.1. The first-order valence-corrected chi connectivity index (χ1v) is 12.0. The van der Waals surface area contributed by atoms with Crippen LogP contribution >= 0.6 is 0 Å². The third kappa shape index (κ3) is 4.67. The van der Waals surface area contributed by atoms with E-state index in [0.29, 0.717) is 11.1 Å². The number of hydrogen-bond acceptors (Lipinski definition) is 4. The van der Waals surface area contributed by atoms with E-state index in [4.69, 9.17) is 0 Å². The second-order valence-corrected chi connectivity index (χ2v) is 9.44. The third-order valence-corrected chi connectivity index (χ3v) is 6.14. The first-order valence-electron chi connectivity index (χ1n) is 12.0. The summed E-state index contributed by atoms with van der Waals surface area (Å²) in [7, 11) is 0. The van der Waals surface area contributed by atoms with Gasteiger partial charge in [-0.3, -0.25) is 14.2 Å². The number of hydrogen-bond donors (Lipinski definition) is 1. The van der Waals surface area contributed by atoms with Crippen LogP contribution in [0.4, 0.5) is 4.39 Å². The van der Waals surface area contributed by atoms with E-state index in [1.165, 1.54) is 31.8 Å². The number of amides is 1. The minimum atomic E-state index is -0.497. The van der Waals surface area contributed by atoms with Gasteiger partial charge in [-0.15, -0.1) is 5.10 Å². The number of carbonyl (C=O) groups excluding carboxylic acids is 1. The van der Waals surface area contributed by atoms with Gasteiger partial charge in [-0.2, -0.15) is 0 Å². The average Bonchev–Trinajstić information content (AvgIpc) is 3.18. The number of halogens is 1. The van der Waals surface area contributed by atoms with Crippen LogP contribution in [0.25, 0.3) is 16.7 Å². The fourth-order valence-corrected chi connectivity index (χ4v) is 4.33. The Morgan fingerprint density at radius 3 is 2.43 bits per heavy atom. The highest BCUT2D eigenvalue weighted by molar-refractivity contribution is 5.98. The zero-order chi connectivity index (χ0) is 26.3. The van der Waals surface area contributed by atoms with E-state index >= 15 is 0 Å². The molecule has 0 bridgehead atoms. The van der Waals surface area contributed by atoms with Gasteiger partial charge in [0.25, 0.3) is 11.5 Å². The predicted molar refractivity (Wildman–Crippen MR) is 140 cm³/mol. The molecule has 9 heteroatoms. The first-order chi connectivity index (χ1) is 17.7. The molecule has 0 aliphatic heterocycles. The number of nitrogens with zero attached hydrogens (tertiary/aromatic N) is 4. The average molecular weight is 500 g/mol. The van der Waals surface area contributed by atoms with Gasteiger partial charge in [-0.05, 0) is 62.2 Å². The predicted octanol–water partition coefficient (Wildman–Crippen LogP) is 3.49. The molecule has 0 spiro atoms. The zero-order valence-electron chi connectivity index (χ0n) is 20.7. The van der Waals surface area contributed by atoms with Crippen molar-refractivity contribution in [3.63, 3.8) is 0 Å². The Morgan fingerprint density at radius 1 is 0.973 bits per heavy atom. The smallest absolute Gasteiger partial charge is 0.350 e. The van der Waals surface area contributed by atoms with Crippen molar-refractivity contribution >= 4 is 22.6 Å². The second kappa shape index (κ2) is 9.50. The van der Waals surface area contributed by atoms with Gasteiger partial charge in [-0.25, -0.2) is 18.3 Å². The summed E-state index contributed by atoms with van der Waals surface area (Å²) in [5, 5.41) is 7.60. The van der Waals surface area contributed by atoms with Crippen molar-refractivity contribution in [2.45, 2.75) is 39.9 Å². The Hall–Kier alpha value is -4.53. The summed E-state index contributed by atoms with van der Waals surface area (Å²) in [4.78, 5) is 39.9. The molecule has 0 unspecified atom stereocenters.